The molecule has 3 heterocycles. The zero-order valence-electron chi connectivity index (χ0n) is 16.7. The lowest BCUT2D eigenvalue weighted by atomic mass is 10.1. The van der Waals surface area contributed by atoms with Crippen molar-refractivity contribution >= 4 is 21.6 Å². The topological polar surface area (TPSA) is 103 Å². The number of anilines is 1. The number of hydrogen-bond donors (Lipinski definition) is 1. The SMILES string of the molecule is COc1ccc(-c2cc(C(=O)Nc3cccc(C)n3)nn2[C@@H]2CCS(=O)(=O)C2)cc1. The number of benzene rings is 1. The third-order valence-corrected chi connectivity index (χ3v) is 6.79. The lowest BCUT2D eigenvalue weighted by Crippen LogP contribution is -2.17. The number of sulfone groups is 1. The van der Waals surface area contributed by atoms with Crippen molar-refractivity contribution < 1.29 is 17.9 Å². The van der Waals surface area contributed by atoms with Gasteiger partial charge in [-0.05, 0) is 55.8 Å². The molecule has 0 unspecified atom stereocenters. The zero-order chi connectivity index (χ0) is 21.3. The average molecular weight is 426 g/mol. The van der Waals surface area contributed by atoms with E-state index in [4.69, 9.17) is 4.74 Å². The van der Waals surface area contributed by atoms with Crippen molar-refractivity contribution in [3.63, 3.8) is 0 Å². The molecule has 30 heavy (non-hydrogen) atoms. The Morgan fingerprint density at radius 2 is 1.97 bits per heavy atom. The molecule has 1 aliphatic heterocycles. The first-order valence-corrected chi connectivity index (χ1v) is 11.4. The third-order valence-electron chi connectivity index (χ3n) is 5.04. The van der Waals surface area contributed by atoms with Gasteiger partial charge in [0.1, 0.15) is 11.6 Å². The molecule has 1 aromatic carbocycles. The fourth-order valence-corrected chi connectivity index (χ4v) is 5.21. The van der Waals surface area contributed by atoms with E-state index >= 15 is 0 Å². The first kappa shape index (κ1) is 20.1. The molecule has 0 saturated carbocycles. The molecule has 1 saturated heterocycles. The van der Waals surface area contributed by atoms with Crippen molar-refractivity contribution in [3.05, 3.63) is 59.9 Å². The summed E-state index contributed by atoms with van der Waals surface area (Å²) in [5, 5.41) is 7.23. The summed E-state index contributed by atoms with van der Waals surface area (Å²) in [6.07, 6.45) is 0.466. The smallest absolute Gasteiger partial charge is 0.277 e. The van der Waals surface area contributed by atoms with Crippen LogP contribution in [0.4, 0.5) is 5.82 Å². The molecule has 1 fully saturated rings. The number of rotatable bonds is 5. The van der Waals surface area contributed by atoms with Crippen molar-refractivity contribution in [2.45, 2.75) is 19.4 Å². The predicted octanol–water partition coefficient (Wildman–Crippen LogP) is 2.87. The maximum atomic E-state index is 12.8. The van der Waals surface area contributed by atoms with Crippen molar-refractivity contribution in [2.75, 3.05) is 23.9 Å². The largest absolute Gasteiger partial charge is 0.497 e. The van der Waals surface area contributed by atoms with Crippen LogP contribution in [-0.2, 0) is 9.84 Å². The Morgan fingerprint density at radius 3 is 2.60 bits per heavy atom. The molecule has 1 amide bonds. The fraction of sp³-hybridized carbons (Fsp3) is 0.286. The summed E-state index contributed by atoms with van der Waals surface area (Å²) in [6, 6.07) is 14.1. The number of aromatic nitrogens is 3. The second kappa shape index (κ2) is 7.91. The average Bonchev–Trinajstić information content (AvgIpc) is 3.31. The van der Waals surface area contributed by atoms with Gasteiger partial charge in [-0.3, -0.25) is 9.48 Å². The number of carbonyl (C=O) groups is 1. The Labute approximate surface area is 174 Å². The Morgan fingerprint density at radius 1 is 1.20 bits per heavy atom. The van der Waals surface area contributed by atoms with Crippen LogP contribution < -0.4 is 10.1 Å². The normalized spacial score (nSPS) is 17.6. The van der Waals surface area contributed by atoms with Crippen molar-refractivity contribution in [1.82, 2.24) is 14.8 Å². The number of carbonyl (C=O) groups excluding carboxylic acids is 1. The van der Waals surface area contributed by atoms with Crippen LogP contribution in [0.3, 0.4) is 0 Å². The zero-order valence-corrected chi connectivity index (χ0v) is 17.5. The van der Waals surface area contributed by atoms with Crippen LogP contribution in [0.5, 0.6) is 5.75 Å². The monoisotopic (exact) mass is 426 g/mol. The lowest BCUT2D eigenvalue weighted by Gasteiger charge is -2.13. The van der Waals surface area contributed by atoms with Crippen LogP contribution in [0.15, 0.2) is 48.5 Å². The number of ether oxygens (including phenoxy) is 1. The second-order valence-electron chi connectivity index (χ2n) is 7.26. The number of methoxy groups -OCH3 is 1. The molecule has 156 valence electrons. The molecule has 0 bridgehead atoms. The van der Waals surface area contributed by atoms with E-state index in [1.807, 2.05) is 43.3 Å². The maximum Gasteiger partial charge on any atom is 0.277 e. The van der Waals surface area contributed by atoms with Gasteiger partial charge in [0.2, 0.25) is 0 Å². The van der Waals surface area contributed by atoms with Crippen LogP contribution >= 0.6 is 0 Å². The molecular weight excluding hydrogens is 404 g/mol. The molecule has 8 nitrogen and oxygen atoms in total. The molecule has 0 spiro atoms. The summed E-state index contributed by atoms with van der Waals surface area (Å²) >= 11 is 0. The molecule has 9 heteroatoms. The van der Waals surface area contributed by atoms with E-state index in [1.54, 1.807) is 23.9 Å². The summed E-state index contributed by atoms with van der Waals surface area (Å²) in [5.74, 6) is 0.871. The third kappa shape index (κ3) is 4.20. The molecule has 1 atom stereocenters. The molecule has 0 radical (unpaired) electrons. The Hall–Kier alpha value is -3.20. The van der Waals surface area contributed by atoms with Crippen molar-refractivity contribution in [1.29, 1.82) is 0 Å². The Balaban J connectivity index is 1.70. The quantitative estimate of drug-likeness (QED) is 0.673. The summed E-state index contributed by atoms with van der Waals surface area (Å²) in [5.41, 5.74) is 2.49. The van der Waals surface area contributed by atoms with Gasteiger partial charge in [0.25, 0.3) is 5.91 Å². The Bertz CT molecular complexity index is 1190. The van der Waals surface area contributed by atoms with Gasteiger partial charge in [-0.15, -0.1) is 0 Å². The molecular formula is C21H22N4O4S. The standard InChI is InChI=1S/C21H22N4O4S/c1-14-4-3-5-20(22-14)23-21(26)18-12-19(15-6-8-17(29-2)9-7-15)25(24-18)16-10-11-30(27,28)13-16/h3-9,12,16H,10-11,13H2,1-2H3,(H,22,23,26)/t16-/m1/s1. The van der Waals surface area contributed by atoms with E-state index in [2.05, 4.69) is 15.4 Å². The van der Waals surface area contributed by atoms with Crippen molar-refractivity contribution in [3.8, 4) is 17.0 Å². The van der Waals surface area contributed by atoms with E-state index in [9.17, 15) is 13.2 Å². The summed E-state index contributed by atoms with van der Waals surface area (Å²) in [4.78, 5) is 17.1. The number of aryl methyl sites for hydroxylation is 1. The first-order valence-electron chi connectivity index (χ1n) is 9.54. The summed E-state index contributed by atoms with van der Waals surface area (Å²) in [6.45, 7) is 1.84. The van der Waals surface area contributed by atoms with E-state index in [-0.39, 0.29) is 23.2 Å². The maximum absolute atomic E-state index is 12.8. The van der Waals surface area contributed by atoms with Crippen LogP contribution in [0.25, 0.3) is 11.3 Å². The number of nitrogens with zero attached hydrogens (tertiary/aromatic N) is 3. The second-order valence-corrected chi connectivity index (χ2v) is 9.49. The van der Waals surface area contributed by atoms with Crippen LogP contribution in [-0.4, -0.2) is 47.7 Å². The minimum absolute atomic E-state index is 0.0122. The van der Waals surface area contributed by atoms with Crippen LogP contribution in [0.2, 0.25) is 0 Å². The van der Waals surface area contributed by atoms with E-state index < -0.39 is 15.7 Å². The summed E-state index contributed by atoms with van der Waals surface area (Å²) in [7, 11) is -1.52. The highest BCUT2D eigenvalue weighted by Gasteiger charge is 2.32. The first-order chi connectivity index (χ1) is 14.3. The molecule has 4 rings (SSSR count). The molecule has 3 aromatic rings. The minimum Gasteiger partial charge on any atom is -0.497 e. The van der Waals surface area contributed by atoms with Crippen molar-refractivity contribution in [2.24, 2.45) is 0 Å². The summed E-state index contributed by atoms with van der Waals surface area (Å²) < 4.78 is 30.9. The highest BCUT2D eigenvalue weighted by atomic mass is 32.2. The van der Waals surface area contributed by atoms with Crippen LogP contribution in [0.1, 0.15) is 28.6 Å². The lowest BCUT2D eigenvalue weighted by molar-refractivity contribution is 0.102. The highest BCUT2D eigenvalue weighted by Crippen LogP contribution is 2.31. The number of pyridine rings is 1. The highest BCUT2D eigenvalue weighted by molar-refractivity contribution is 7.91. The van der Waals surface area contributed by atoms with Gasteiger partial charge in [-0.25, -0.2) is 13.4 Å². The molecule has 1 N–H and O–H groups in total. The van der Waals surface area contributed by atoms with E-state index in [1.165, 1.54) is 0 Å². The van der Waals surface area contributed by atoms with Gasteiger partial charge in [0, 0.05) is 11.3 Å². The number of hydrogen-bond acceptors (Lipinski definition) is 6. The van der Waals surface area contributed by atoms with Gasteiger partial charge in [-0.2, -0.15) is 5.10 Å². The van der Waals surface area contributed by atoms with Gasteiger partial charge in [0.15, 0.2) is 15.5 Å². The van der Waals surface area contributed by atoms with Gasteiger partial charge in [-0.1, -0.05) is 6.07 Å². The van der Waals surface area contributed by atoms with E-state index in [0.29, 0.717) is 23.7 Å². The van der Waals surface area contributed by atoms with E-state index in [0.717, 1.165) is 11.3 Å². The molecule has 2 aromatic heterocycles. The Kier molecular flexibility index (Phi) is 5.29. The van der Waals surface area contributed by atoms with Gasteiger partial charge < -0.3 is 10.1 Å². The molecule has 1 aliphatic rings. The van der Waals surface area contributed by atoms with Gasteiger partial charge in [0.05, 0.1) is 30.4 Å². The van der Waals surface area contributed by atoms with Crippen LogP contribution in [0, 0.1) is 6.92 Å². The predicted molar refractivity (Wildman–Crippen MR) is 113 cm³/mol. The van der Waals surface area contributed by atoms with Gasteiger partial charge >= 0.3 is 0 Å². The molecule has 0 aliphatic carbocycles. The minimum atomic E-state index is -3.11. The number of amides is 1. The fourth-order valence-electron chi connectivity index (χ4n) is 3.52. The number of nitrogens with one attached hydrogen (secondary N) is 1.